The molecule has 21 heavy (non-hydrogen) atoms. The van der Waals surface area contributed by atoms with Crippen LogP contribution in [0.15, 0.2) is 29.2 Å². The number of benzene rings is 1. The van der Waals surface area contributed by atoms with Gasteiger partial charge in [0.25, 0.3) is 0 Å². The van der Waals surface area contributed by atoms with Gasteiger partial charge in [-0.2, -0.15) is 4.31 Å². The van der Waals surface area contributed by atoms with E-state index in [1.807, 2.05) is 0 Å². The molecular formula is C13H17NO6S. The summed E-state index contributed by atoms with van der Waals surface area (Å²) in [4.78, 5) is 11.5. The van der Waals surface area contributed by atoms with Crippen LogP contribution in [-0.2, 0) is 14.8 Å². The summed E-state index contributed by atoms with van der Waals surface area (Å²) in [7, 11) is -3.80. The molecule has 2 atom stereocenters. The first-order valence-electron chi connectivity index (χ1n) is 6.49. The molecule has 8 heteroatoms. The van der Waals surface area contributed by atoms with E-state index in [4.69, 9.17) is 4.74 Å². The van der Waals surface area contributed by atoms with E-state index in [2.05, 4.69) is 0 Å². The Morgan fingerprint density at radius 2 is 1.76 bits per heavy atom. The number of carbonyl (C=O) groups excluding carboxylic acids is 1. The number of aliphatic hydroxyl groups excluding tert-OH is 2. The first-order valence-corrected chi connectivity index (χ1v) is 7.93. The van der Waals surface area contributed by atoms with Crippen molar-refractivity contribution in [2.24, 2.45) is 0 Å². The average Bonchev–Trinajstić information content (AvgIpc) is 2.80. The van der Waals surface area contributed by atoms with E-state index in [0.717, 1.165) is 4.31 Å². The molecular weight excluding hydrogens is 298 g/mol. The fourth-order valence-electron chi connectivity index (χ4n) is 2.06. The second-order valence-corrected chi connectivity index (χ2v) is 6.64. The van der Waals surface area contributed by atoms with Crippen LogP contribution in [0.3, 0.4) is 0 Å². The number of carbonyl (C=O) groups is 1. The maximum atomic E-state index is 12.3. The lowest BCUT2D eigenvalue weighted by Crippen LogP contribution is -2.30. The van der Waals surface area contributed by atoms with Gasteiger partial charge in [-0.15, -0.1) is 0 Å². The number of nitrogens with zero attached hydrogens (tertiary/aromatic N) is 1. The third-order valence-electron chi connectivity index (χ3n) is 3.23. The van der Waals surface area contributed by atoms with E-state index in [1.54, 1.807) is 6.92 Å². The molecule has 0 saturated carbocycles. The molecule has 0 spiro atoms. The van der Waals surface area contributed by atoms with Crippen LogP contribution in [0.25, 0.3) is 0 Å². The Morgan fingerprint density at radius 1 is 1.24 bits per heavy atom. The van der Waals surface area contributed by atoms with Crippen LogP contribution in [0, 0.1) is 0 Å². The van der Waals surface area contributed by atoms with Crippen molar-refractivity contribution in [2.75, 3.05) is 19.7 Å². The van der Waals surface area contributed by atoms with Gasteiger partial charge in [-0.3, -0.25) is 0 Å². The minimum absolute atomic E-state index is 0.00292. The first kappa shape index (κ1) is 15.9. The molecule has 116 valence electrons. The van der Waals surface area contributed by atoms with Gasteiger partial charge in [-0.05, 0) is 31.2 Å². The highest BCUT2D eigenvalue weighted by Gasteiger charge is 2.37. The highest BCUT2D eigenvalue weighted by atomic mass is 32.2. The van der Waals surface area contributed by atoms with Crippen molar-refractivity contribution in [2.45, 2.75) is 24.0 Å². The number of sulfonamides is 1. The Morgan fingerprint density at radius 3 is 2.24 bits per heavy atom. The number of hydrogen-bond acceptors (Lipinski definition) is 6. The second kappa shape index (κ2) is 6.10. The van der Waals surface area contributed by atoms with Gasteiger partial charge in [0.05, 0.1) is 29.3 Å². The average molecular weight is 315 g/mol. The molecule has 7 nitrogen and oxygen atoms in total. The third kappa shape index (κ3) is 3.24. The summed E-state index contributed by atoms with van der Waals surface area (Å²) < 4.78 is 30.5. The molecule has 1 aliphatic heterocycles. The zero-order chi connectivity index (χ0) is 15.6. The van der Waals surface area contributed by atoms with E-state index in [0.29, 0.717) is 0 Å². The summed E-state index contributed by atoms with van der Waals surface area (Å²) in [6, 6.07) is 5.35. The predicted molar refractivity (Wildman–Crippen MR) is 73.2 cm³/mol. The van der Waals surface area contributed by atoms with Crippen molar-refractivity contribution >= 4 is 16.0 Å². The molecule has 1 aromatic rings. The van der Waals surface area contributed by atoms with Crippen LogP contribution in [0.1, 0.15) is 17.3 Å². The molecule has 0 aliphatic carbocycles. The van der Waals surface area contributed by atoms with Gasteiger partial charge < -0.3 is 14.9 Å². The largest absolute Gasteiger partial charge is 0.462 e. The Bertz CT molecular complexity index is 602. The van der Waals surface area contributed by atoms with E-state index in [1.165, 1.54) is 24.3 Å². The Labute approximate surface area is 122 Å². The number of β-amino-alcohol motifs (C(OH)–C–C–N with tert-alkyl or cyclic N) is 2. The quantitative estimate of drug-likeness (QED) is 0.732. The summed E-state index contributed by atoms with van der Waals surface area (Å²) in [5, 5.41) is 18.9. The van der Waals surface area contributed by atoms with Crippen LogP contribution in [0.5, 0.6) is 0 Å². The van der Waals surface area contributed by atoms with Crippen molar-refractivity contribution < 1.29 is 28.2 Å². The summed E-state index contributed by atoms with van der Waals surface area (Å²) >= 11 is 0. The third-order valence-corrected chi connectivity index (χ3v) is 5.07. The molecule has 0 radical (unpaired) electrons. The molecule has 0 amide bonds. The minimum Gasteiger partial charge on any atom is -0.462 e. The van der Waals surface area contributed by atoms with Gasteiger partial charge in [-0.1, -0.05) is 0 Å². The SMILES string of the molecule is CCOC(=O)c1ccc(S(=O)(=O)N2CC(O)C(O)C2)cc1. The molecule has 1 aromatic carbocycles. The van der Waals surface area contributed by atoms with Crippen molar-refractivity contribution in [3.05, 3.63) is 29.8 Å². The smallest absolute Gasteiger partial charge is 0.338 e. The second-order valence-electron chi connectivity index (χ2n) is 4.70. The lowest BCUT2D eigenvalue weighted by atomic mass is 10.2. The van der Waals surface area contributed by atoms with Gasteiger partial charge in [0, 0.05) is 13.1 Å². The van der Waals surface area contributed by atoms with Crippen molar-refractivity contribution in [1.29, 1.82) is 0 Å². The number of hydrogen-bond donors (Lipinski definition) is 2. The van der Waals surface area contributed by atoms with E-state index in [-0.39, 0.29) is 30.2 Å². The van der Waals surface area contributed by atoms with Crippen molar-refractivity contribution in [3.63, 3.8) is 0 Å². The molecule has 1 heterocycles. The minimum atomic E-state index is -3.80. The number of aliphatic hydroxyl groups is 2. The van der Waals surface area contributed by atoms with Crippen LogP contribution in [-0.4, -0.2) is 60.8 Å². The zero-order valence-electron chi connectivity index (χ0n) is 11.5. The number of rotatable bonds is 4. The summed E-state index contributed by atoms with van der Waals surface area (Å²) in [5.41, 5.74) is 0.261. The van der Waals surface area contributed by atoms with Gasteiger partial charge in [-0.25, -0.2) is 13.2 Å². The fourth-order valence-corrected chi connectivity index (χ4v) is 3.53. The molecule has 0 bridgehead atoms. The monoisotopic (exact) mass is 315 g/mol. The lowest BCUT2D eigenvalue weighted by molar-refractivity contribution is 0.0526. The number of esters is 1. The van der Waals surface area contributed by atoms with E-state index in [9.17, 15) is 23.4 Å². The summed E-state index contributed by atoms with van der Waals surface area (Å²) in [6.45, 7) is 1.62. The number of ether oxygens (including phenoxy) is 1. The van der Waals surface area contributed by atoms with Crippen LogP contribution in [0.4, 0.5) is 0 Å². The van der Waals surface area contributed by atoms with Gasteiger partial charge in [0.15, 0.2) is 0 Å². The zero-order valence-corrected chi connectivity index (χ0v) is 12.3. The maximum absolute atomic E-state index is 12.3. The Balaban J connectivity index is 2.20. The van der Waals surface area contributed by atoms with Crippen LogP contribution >= 0.6 is 0 Å². The van der Waals surface area contributed by atoms with Crippen LogP contribution in [0.2, 0.25) is 0 Å². The van der Waals surface area contributed by atoms with E-state index >= 15 is 0 Å². The summed E-state index contributed by atoms with van der Waals surface area (Å²) in [6.07, 6.45) is -2.17. The molecule has 0 aromatic heterocycles. The Kier molecular flexibility index (Phi) is 4.62. The molecule has 2 N–H and O–H groups in total. The topological polar surface area (TPSA) is 104 Å². The maximum Gasteiger partial charge on any atom is 0.338 e. The standard InChI is InChI=1S/C13H17NO6S/c1-2-20-13(17)9-3-5-10(6-4-9)21(18,19)14-7-11(15)12(16)8-14/h3-6,11-12,15-16H,2,7-8H2,1H3. The molecule has 2 rings (SSSR count). The normalized spacial score (nSPS) is 23.2. The molecule has 1 aliphatic rings. The predicted octanol–water partition coefficient (Wildman–Crippen LogP) is -0.411. The van der Waals surface area contributed by atoms with Gasteiger partial charge in [0.1, 0.15) is 0 Å². The Hall–Kier alpha value is -1.48. The summed E-state index contributed by atoms with van der Waals surface area (Å²) in [5.74, 6) is -0.520. The highest BCUT2D eigenvalue weighted by molar-refractivity contribution is 7.89. The molecule has 2 unspecified atom stereocenters. The van der Waals surface area contributed by atoms with Gasteiger partial charge in [0.2, 0.25) is 10.0 Å². The van der Waals surface area contributed by atoms with Crippen molar-refractivity contribution in [1.82, 2.24) is 4.31 Å². The fraction of sp³-hybridized carbons (Fsp3) is 0.462. The first-order chi connectivity index (χ1) is 9.86. The molecule has 1 saturated heterocycles. The highest BCUT2D eigenvalue weighted by Crippen LogP contribution is 2.22. The van der Waals surface area contributed by atoms with Crippen molar-refractivity contribution in [3.8, 4) is 0 Å². The van der Waals surface area contributed by atoms with Crippen LogP contribution < -0.4 is 0 Å². The molecule has 1 fully saturated rings. The lowest BCUT2D eigenvalue weighted by Gasteiger charge is -2.15. The van der Waals surface area contributed by atoms with Gasteiger partial charge >= 0.3 is 5.97 Å². The van der Waals surface area contributed by atoms with E-state index < -0.39 is 28.2 Å².